The molecule has 0 bridgehead atoms. The van der Waals surface area contributed by atoms with E-state index in [1.54, 1.807) is 18.5 Å². The molecule has 1 rings (SSSR count). The van der Waals surface area contributed by atoms with E-state index in [9.17, 15) is 4.79 Å². The molecule has 0 aliphatic heterocycles. The molecule has 0 aromatic carbocycles. The second kappa shape index (κ2) is 5.54. The summed E-state index contributed by atoms with van der Waals surface area (Å²) < 4.78 is 1.72. The molecule has 1 N–H and O–H groups in total. The fourth-order valence-electron chi connectivity index (χ4n) is 0.799. The Morgan fingerprint density at radius 1 is 1.62 bits per heavy atom. The zero-order valence-corrected chi connectivity index (χ0v) is 10.5. The summed E-state index contributed by atoms with van der Waals surface area (Å²) >= 11 is 5.46. The molecule has 0 aliphatic rings. The Morgan fingerprint density at radius 3 is 3.00 bits per heavy atom. The Balaban J connectivity index is 2.66. The molecule has 1 heterocycles. The SMILES string of the molecule is O=C(NCCI)c1cncc(Br)c1. The van der Waals surface area contributed by atoms with E-state index in [1.165, 1.54) is 0 Å². The van der Waals surface area contributed by atoms with Crippen molar-refractivity contribution in [2.45, 2.75) is 0 Å². The van der Waals surface area contributed by atoms with Crippen molar-refractivity contribution in [2.75, 3.05) is 11.0 Å². The number of hydrogen-bond donors (Lipinski definition) is 1. The standard InChI is InChI=1S/C8H8BrIN2O/c9-7-3-6(4-11-5-7)8(13)12-2-1-10/h3-5H,1-2H2,(H,12,13). The highest BCUT2D eigenvalue weighted by Crippen LogP contribution is 2.09. The number of pyridine rings is 1. The van der Waals surface area contributed by atoms with Crippen LogP contribution in [0.2, 0.25) is 0 Å². The maximum absolute atomic E-state index is 11.4. The first-order valence-electron chi connectivity index (χ1n) is 3.69. The molecule has 0 aliphatic carbocycles. The van der Waals surface area contributed by atoms with E-state index in [0.717, 1.165) is 8.90 Å². The van der Waals surface area contributed by atoms with Gasteiger partial charge in [0.1, 0.15) is 0 Å². The molecular weight excluding hydrogens is 347 g/mol. The minimum atomic E-state index is -0.0783. The quantitative estimate of drug-likeness (QED) is 0.666. The van der Waals surface area contributed by atoms with Crippen LogP contribution in [0.25, 0.3) is 0 Å². The van der Waals surface area contributed by atoms with Crippen molar-refractivity contribution in [1.82, 2.24) is 10.3 Å². The van der Waals surface area contributed by atoms with Crippen molar-refractivity contribution < 1.29 is 4.79 Å². The van der Waals surface area contributed by atoms with Crippen LogP contribution >= 0.6 is 38.5 Å². The molecule has 1 aromatic rings. The lowest BCUT2D eigenvalue weighted by Gasteiger charge is -2.02. The highest BCUT2D eigenvalue weighted by atomic mass is 127. The Labute approximate surface area is 98.6 Å². The van der Waals surface area contributed by atoms with Gasteiger partial charge in [-0.1, -0.05) is 22.6 Å². The molecular formula is C8H8BrIN2O. The normalized spacial score (nSPS) is 9.69. The number of aromatic nitrogens is 1. The molecule has 3 nitrogen and oxygen atoms in total. The summed E-state index contributed by atoms with van der Waals surface area (Å²) in [5.41, 5.74) is 0.583. The first kappa shape index (κ1) is 10.9. The molecule has 13 heavy (non-hydrogen) atoms. The van der Waals surface area contributed by atoms with Gasteiger partial charge in [-0.25, -0.2) is 0 Å². The Kier molecular flexibility index (Phi) is 4.65. The number of alkyl halides is 1. The van der Waals surface area contributed by atoms with Gasteiger partial charge in [0.25, 0.3) is 5.91 Å². The summed E-state index contributed by atoms with van der Waals surface area (Å²) in [5, 5.41) is 2.77. The van der Waals surface area contributed by atoms with Gasteiger partial charge in [-0.15, -0.1) is 0 Å². The second-order valence-electron chi connectivity index (χ2n) is 2.34. The van der Waals surface area contributed by atoms with Gasteiger partial charge in [0.15, 0.2) is 0 Å². The number of carbonyl (C=O) groups is 1. The van der Waals surface area contributed by atoms with E-state index in [1.807, 2.05) is 0 Å². The predicted molar refractivity (Wildman–Crippen MR) is 63.2 cm³/mol. The van der Waals surface area contributed by atoms with Crippen LogP contribution in [-0.2, 0) is 0 Å². The Morgan fingerprint density at radius 2 is 2.38 bits per heavy atom. The predicted octanol–water partition coefficient (Wildman–Crippen LogP) is 2.01. The van der Waals surface area contributed by atoms with E-state index >= 15 is 0 Å². The third kappa shape index (κ3) is 3.60. The summed E-state index contributed by atoms with van der Waals surface area (Å²) in [6.45, 7) is 0.686. The number of carbonyl (C=O) groups excluding carboxylic acids is 1. The molecule has 0 saturated heterocycles. The highest BCUT2D eigenvalue weighted by Gasteiger charge is 2.04. The lowest BCUT2D eigenvalue weighted by atomic mass is 10.3. The molecule has 1 aromatic heterocycles. The third-order valence-electron chi connectivity index (χ3n) is 1.35. The van der Waals surface area contributed by atoms with Crippen molar-refractivity contribution in [3.8, 4) is 0 Å². The molecule has 0 spiro atoms. The molecule has 0 unspecified atom stereocenters. The molecule has 70 valence electrons. The van der Waals surface area contributed by atoms with Crippen molar-refractivity contribution in [3.05, 3.63) is 28.5 Å². The highest BCUT2D eigenvalue weighted by molar-refractivity contribution is 14.1. The summed E-state index contributed by atoms with van der Waals surface area (Å²) in [6, 6.07) is 1.75. The molecule has 0 saturated carbocycles. The number of rotatable bonds is 3. The fourth-order valence-corrected chi connectivity index (χ4v) is 1.43. The van der Waals surface area contributed by atoms with Crippen LogP contribution in [0.4, 0.5) is 0 Å². The largest absolute Gasteiger partial charge is 0.351 e. The number of halogens is 2. The van der Waals surface area contributed by atoms with Gasteiger partial charge in [0.05, 0.1) is 5.56 Å². The average molecular weight is 355 g/mol. The molecule has 0 fully saturated rings. The van der Waals surface area contributed by atoms with Gasteiger partial charge in [0.2, 0.25) is 0 Å². The number of hydrogen-bond acceptors (Lipinski definition) is 2. The van der Waals surface area contributed by atoms with E-state index in [2.05, 4.69) is 48.8 Å². The van der Waals surface area contributed by atoms with Gasteiger partial charge in [-0.3, -0.25) is 9.78 Å². The van der Waals surface area contributed by atoms with E-state index in [-0.39, 0.29) is 5.91 Å². The van der Waals surface area contributed by atoms with Crippen LogP contribution in [0.15, 0.2) is 22.9 Å². The minimum Gasteiger partial charge on any atom is -0.351 e. The van der Waals surface area contributed by atoms with Crippen LogP contribution < -0.4 is 5.32 Å². The van der Waals surface area contributed by atoms with Gasteiger partial charge < -0.3 is 5.32 Å². The monoisotopic (exact) mass is 354 g/mol. The first-order valence-corrected chi connectivity index (χ1v) is 6.00. The lowest BCUT2D eigenvalue weighted by molar-refractivity contribution is 0.0956. The Bertz CT molecular complexity index is 306. The molecule has 0 radical (unpaired) electrons. The van der Waals surface area contributed by atoms with Crippen LogP contribution in [0, 0.1) is 0 Å². The van der Waals surface area contributed by atoms with Crippen LogP contribution in [0.5, 0.6) is 0 Å². The molecule has 5 heteroatoms. The zero-order valence-electron chi connectivity index (χ0n) is 6.76. The molecule has 1 amide bonds. The van der Waals surface area contributed by atoms with Gasteiger partial charge in [-0.2, -0.15) is 0 Å². The van der Waals surface area contributed by atoms with E-state index in [0.29, 0.717) is 12.1 Å². The number of nitrogens with zero attached hydrogens (tertiary/aromatic N) is 1. The Hall–Kier alpha value is -0.170. The molecule has 0 atom stereocenters. The van der Waals surface area contributed by atoms with Crippen LogP contribution in [0.3, 0.4) is 0 Å². The van der Waals surface area contributed by atoms with E-state index in [4.69, 9.17) is 0 Å². The summed E-state index contributed by atoms with van der Waals surface area (Å²) in [7, 11) is 0. The van der Waals surface area contributed by atoms with Crippen LogP contribution in [-0.4, -0.2) is 21.9 Å². The van der Waals surface area contributed by atoms with Gasteiger partial charge >= 0.3 is 0 Å². The summed E-state index contributed by atoms with van der Waals surface area (Å²) in [4.78, 5) is 15.3. The maximum atomic E-state index is 11.4. The first-order chi connectivity index (χ1) is 6.24. The van der Waals surface area contributed by atoms with Crippen molar-refractivity contribution in [1.29, 1.82) is 0 Å². The fraction of sp³-hybridized carbons (Fsp3) is 0.250. The maximum Gasteiger partial charge on any atom is 0.252 e. The summed E-state index contributed by atoms with van der Waals surface area (Å²) in [5.74, 6) is -0.0783. The van der Waals surface area contributed by atoms with Gasteiger partial charge in [-0.05, 0) is 22.0 Å². The smallest absolute Gasteiger partial charge is 0.252 e. The average Bonchev–Trinajstić information content (AvgIpc) is 2.14. The topological polar surface area (TPSA) is 42.0 Å². The van der Waals surface area contributed by atoms with Gasteiger partial charge in [0, 0.05) is 27.8 Å². The number of nitrogens with one attached hydrogen (secondary N) is 1. The van der Waals surface area contributed by atoms with Crippen LogP contribution in [0.1, 0.15) is 10.4 Å². The van der Waals surface area contributed by atoms with Crippen molar-refractivity contribution in [3.63, 3.8) is 0 Å². The third-order valence-corrected chi connectivity index (χ3v) is 2.32. The zero-order chi connectivity index (χ0) is 9.68. The van der Waals surface area contributed by atoms with Crippen molar-refractivity contribution >= 4 is 44.4 Å². The number of amides is 1. The van der Waals surface area contributed by atoms with Crippen molar-refractivity contribution in [2.24, 2.45) is 0 Å². The summed E-state index contributed by atoms with van der Waals surface area (Å²) in [6.07, 6.45) is 3.20. The lowest BCUT2D eigenvalue weighted by Crippen LogP contribution is -2.25. The minimum absolute atomic E-state index is 0.0783. The van der Waals surface area contributed by atoms with E-state index < -0.39 is 0 Å². The second-order valence-corrected chi connectivity index (χ2v) is 4.33.